The fourth-order valence-corrected chi connectivity index (χ4v) is 1.81. The van der Waals surface area contributed by atoms with Crippen LogP contribution in [0.25, 0.3) is 0 Å². The predicted octanol–water partition coefficient (Wildman–Crippen LogP) is -0.102. The van der Waals surface area contributed by atoms with Crippen molar-refractivity contribution in [3.8, 4) is 0 Å². The summed E-state index contributed by atoms with van der Waals surface area (Å²) < 4.78 is 0. The summed E-state index contributed by atoms with van der Waals surface area (Å²) in [5, 5.41) is 3.16. The van der Waals surface area contributed by atoms with E-state index in [0.717, 1.165) is 6.54 Å². The number of nitrogens with two attached hydrogens (primary N) is 1. The van der Waals surface area contributed by atoms with E-state index >= 15 is 0 Å². The van der Waals surface area contributed by atoms with Gasteiger partial charge in [0.05, 0.1) is 6.54 Å². The normalized spacial score (nSPS) is 23.5. The van der Waals surface area contributed by atoms with E-state index in [1.807, 2.05) is 0 Å². The average molecular weight is 213 g/mol. The van der Waals surface area contributed by atoms with E-state index in [9.17, 15) is 0 Å². The minimum absolute atomic E-state index is 0.348. The summed E-state index contributed by atoms with van der Waals surface area (Å²) in [6.07, 6.45) is 2.51. The van der Waals surface area contributed by atoms with Crippen LogP contribution in [0.3, 0.4) is 0 Å². The van der Waals surface area contributed by atoms with Crippen LogP contribution in [0.1, 0.15) is 26.7 Å². The Balaban J connectivity index is 2.39. The maximum Gasteiger partial charge on any atom is 0.205 e. The third kappa shape index (κ3) is 4.05. The van der Waals surface area contributed by atoms with E-state index in [1.54, 1.807) is 0 Å². The van der Waals surface area contributed by atoms with E-state index in [-0.39, 0.29) is 0 Å². The Hall–Kier alpha value is -0.810. The van der Waals surface area contributed by atoms with Gasteiger partial charge in [0.15, 0.2) is 0 Å². The number of hydrogen-bond donors (Lipinski definition) is 3. The van der Waals surface area contributed by atoms with Crippen LogP contribution in [0.5, 0.6) is 0 Å². The monoisotopic (exact) mass is 213 g/mol. The van der Waals surface area contributed by atoms with Crippen molar-refractivity contribution in [3.05, 3.63) is 0 Å². The summed E-state index contributed by atoms with van der Waals surface area (Å²) >= 11 is 0. The van der Waals surface area contributed by atoms with E-state index in [0.29, 0.717) is 18.0 Å². The fourth-order valence-electron chi connectivity index (χ4n) is 1.81. The molecule has 0 aromatic carbocycles. The first-order valence-electron chi connectivity index (χ1n) is 5.61. The Morgan fingerprint density at radius 2 is 2.33 bits per heavy atom. The second-order valence-corrected chi connectivity index (χ2v) is 4.41. The van der Waals surface area contributed by atoms with Gasteiger partial charge in [-0.05, 0) is 40.3 Å². The number of likely N-dealkylation sites (tertiary alicyclic amines) is 1. The van der Waals surface area contributed by atoms with Crippen LogP contribution in [-0.4, -0.2) is 43.1 Å². The van der Waals surface area contributed by atoms with E-state index in [1.165, 1.54) is 19.4 Å². The standard InChI is InChI=1S/C10H23N5/c1-8(2)13-10(14-11)12-7-9-5-4-6-15(9)3/h8-9H,4-7,11H2,1-3H3,(H2,12,13,14). The zero-order valence-electron chi connectivity index (χ0n) is 9.95. The first-order valence-corrected chi connectivity index (χ1v) is 5.61. The topological polar surface area (TPSA) is 65.7 Å². The van der Waals surface area contributed by atoms with Gasteiger partial charge in [0, 0.05) is 12.1 Å². The molecular weight excluding hydrogens is 190 g/mol. The SMILES string of the molecule is CC(C)NC(=NCC1CCCN1C)NN. The summed E-state index contributed by atoms with van der Waals surface area (Å²) in [6, 6.07) is 0.920. The Morgan fingerprint density at radius 3 is 2.80 bits per heavy atom. The highest BCUT2D eigenvalue weighted by molar-refractivity contribution is 5.79. The molecule has 1 rings (SSSR count). The molecule has 0 amide bonds. The summed E-state index contributed by atoms with van der Waals surface area (Å²) in [5.74, 6) is 6.07. The first-order chi connectivity index (χ1) is 7.13. The zero-order valence-corrected chi connectivity index (χ0v) is 9.95. The van der Waals surface area contributed by atoms with Crippen molar-refractivity contribution < 1.29 is 0 Å². The molecule has 1 saturated heterocycles. The maximum atomic E-state index is 5.38. The summed E-state index contributed by atoms with van der Waals surface area (Å²) in [6.45, 7) is 6.13. The molecule has 15 heavy (non-hydrogen) atoms. The molecule has 0 spiro atoms. The molecule has 0 radical (unpaired) electrons. The summed E-state index contributed by atoms with van der Waals surface area (Å²) in [7, 11) is 2.15. The molecule has 1 unspecified atom stereocenters. The first kappa shape index (κ1) is 12.3. The van der Waals surface area contributed by atoms with Gasteiger partial charge < -0.3 is 10.2 Å². The van der Waals surface area contributed by atoms with Crippen molar-refractivity contribution in [2.24, 2.45) is 10.8 Å². The average Bonchev–Trinajstić information content (AvgIpc) is 2.58. The molecule has 5 heteroatoms. The molecule has 0 aromatic heterocycles. The Kier molecular flexibility index (Phi) is 4.84. The second kappa shape index (κ2) is 5.92. The minimum atomic E-state index is 0.348. The van der Waals surface area contributed by atoms with E-state index in [2.05, 4.69) is 41.5 Å². The number of nitrogens with zero attached hydrogens (tertiary/aromatic N) is 2. The van der Waals surface area contributed by atoms with Gasteiger partial charge in [-0.3, -0.25) is 10.4 Å². The van der Waals surface area contributed by atoms with Crippen LogP contribution in [0.2, 0.25) is 0 Å². The van der Waals surface area contributed by atoms with Crippen LogP contribution in [0, 0.1) is 0 Å². The Bertz CT molecular complexity index is 214. The number of hydrogen-bond acceptors (Lipinski definition) is 3. The summed E-state index contributed by atoms with van der Waals surface area (Å²) in [5.41, 5.74) is 2.59. The molecular formula is C10H23N5. The van der Waals surface area contributed by atoms with Crippen LogP contribution in [0.15, 0.2) is 4.99 Å². The van der Waals surface area contributed by atoms with Crippen molar-refractivity contribution in [1.29, 1.82) is 0 Å². The van der Waals surface area contributed by atoms with Gasteiger partial charge in [0.2, 0.25) is 5.96 Å². The largest absolute Gasteiger partial charge is 0.353 e. The number of likely N-dealkylation sites (N-methyl/N-ethyl adjacent to an activating group) is 1. The third-order valence-corrected chi connectivity index (χ3v) is 2.69. The van der Waals surface area contributed by atoms with Crippen LogP contribution < -0.4 is 16.6 Å². The van der Waals surface area contributed by atoms with Crippen LogP contribution in [0.4, 0.5) is 0 Å². The number of nitrogens with one attached hydrogen (secondary N) is 2. The number of rotatable bonds is 3. The molecule has 0 saturated carbocycles. The van der Waals surface area contributed by atoms with Crippen molar-refractivity contribution >= 4 is 5.96 Å². The molecule has 1 fully saturated rings. The maximum absolute atomic E-state index is 5.38. The lowest BCUT2D eigenvalue weighted by Crippen LogP contribution is -2.45. The molecule has 0 bridgehead atoms. The molecule has 1 atom stereocenters. The van der Waals surface area contributed by atoms with Gasteiger partial charge in [-0.2, -0.15) is 0 Å². The highest BCUT2D eigenvalue weighted by Crippen LogP contribution is 2.14. The predicted molar refractivity (Wildman–Crippen MR) is 63.5 cm³/mol. The van der Waals surface area contributed by atoms with Gasteiger partial charge in [0.25, 0.3) is 0 Å². The summed E-state index contributed by atoms with van der Waals surface area (Å²) in [4.78, 5) is 6.80. The van der Waals surface area contributed by atoms with E-state index in [4.69, 9.17) is 5.84 Å². The van der Waals surface area contributed by atoms with Crippen LogP contribution >= 0.6 is 0 Å². The van der Waals surface area contributed by atoms with Crippen molar-refractivity contribution in [1.82, 2.24) is 15.6 Å². The minimum Gasteiger partial charge on any atom is -0.353 e. The molecule has 0 aromatic rings. The lowest BCUT2D eigenvalue weighted by Gasteiger charge is -2.18. The van der Waals surface area contributed by atoms with Gasteiger partial charge >= 0.3 is 0 Å². The lowest BCUT2D eigenvalue weighted by atomic mass is 10.2. The van der Waals surface area contributed by atoms with Gasteiger partial charge in [0.1, 0.15) is 0 Å². The smallest absolute Gasteiger partial charge is 0.205 e. The number of aliphatic imine (C=N–C) groups is 1. The molecule has 88 valence electrons. The fraction of sp³-hybridized carbons (Fsp3) is 0.900. The third-order valence-electron chi connectivity index (χ3n) is 2.69. The molecule has 1 heterocycles. The number of hydrazine groups is 1. The Labute approximate surface area is 92.1 Å². The van der Waals surface area contributed by atoms with E-state index < -0.39 is 0 Å². The lowest BCUT2D eigenvalue weighted by molar-refractivity contribution is 0.317. The molecule has 4 N–H and O–H groups in total. The van der Waals surface area contributed by atoms with Gasteiger partial charge in [-0.25, -0.2) is 5.84 Å². The van der Waals surface area contributed by atoms with Crippen molar-refractivity contribution in [2.75, 3.05) is 20.1 Å². The molecule has 1 aliphatic heterocycles. The zero-order chi connectivity index (χ0) is 11.3. The molecule has 5 nitrogen and oxygen atoms in total. The quantitative estimate of drug-likeness (QED) is 0.265. The molecule has 1 aliphatic rings. The van der Waals surface area contributed by atoms with Crippen molar-refractivity contribution in [2.45, 2.75) is 38.8 Å². The van der Waals surface area contributed by atoms with Crippen molar-refractivity contribution in [3.63, 3.8) is 0 Å². The second-order valence-electron chi connectivity index (χ2n) is 4.41. The van der Waals surface area contributed by atoms with Gasteiger partial charge in [-0.15, -0.1) is 0 Å². The Morgan fingerprint density at radius 1 is 1.60 bits per heavy atom. The highest BCUT2D eigenvalue weighted by Gasteiger charge is 2.20. The number of guanidine groups is 1. The molecule has 0 aliphatic carbocycles. The highest BCUT2D eigenvalue weighted by atomic mass is 15.3. The van der Waals surface area contributed by atoms with Crippen LogP contribution in [-0.2, 0) is 0 Å². The van der Waals surface area contributed by atoms with Gasteiger partial charge in [-0.1, -0.05) is 0 Å².